The van der Waals surface area contributed by atoms with Crippen LogP contribution in [-0.4, -0.2) is 41.8 Å². The minimum Gasteiger partial charge on any atom is -0.356 e. The van der Waals surface area contributed by atoms with Crippen LogP contribution < -0.4 is 5.32 Å². The first-order chi connectivity index (χ1) is 8.13. The molecular weight excluding hydrogens is 280 g/mol. The van der Waals surface area contributed by atoms with Gasteiger partial charge in [0.1, 0.15) is 0 Å². The molecule has 0 aliphatic carbocycles. The molecule has 0 aromatic rings. The lowest BCUT2D eigenvalue weighted by molar-refractivity contribution is -0.121. The van der Waals surface area contributed by atoms with E-state index in [9.17, 15) is 4.79 Å². The van der Waals surface area contributed by atoms with Crippen LogP contribution >= 0.6 is 15.9 Å². The molecule has 1 atom stereocenters. The van der Waals surface area contributed by atoms with Gasteiger partial charge in [-0.2, -0.15) is 0 Å². The highest BCUT2D eigenvalue weighted by Crippen LogP contribution is 2.17. The van der Waals surface area contributed by atoms with Gasteiger partial charge in [-0.3, -0.25) is 4.79 Å². The monoisotopic (exact) mass is 304 g/mol. The SMILES string of the molecule is CC(C)N1CCC(CNC(=O)CCCCBr)C1. The number of nitrogens with zero attached hydrogens (tertiary/aromatic N) is 1. The standard InChI is InChI=1S/C13H25BrN2O/c1-11(2)16-8-6-12(10-16)9-15-13(17)5-3-4-7-14/h11-12H,3-10H2,1-2H3,(H,15,17). The molecule has 100 valence electrons. The van der Waals surface area contributed by atoms with Crippen LogP contribution in [0.25, 0.3) is 0 Å². The molecule has 1 amide bonds. The lowest BCUT2D eigenvalue weighted by Gasteiger charge is -2.20. The first-order valence-electron chi connectivity index (χ1n) is 6.70. The van der Waals surface area contributed by atoms with E-state index in [1.165, 1.54) is 13.0 Å². The molecule has 1 rings (SSSR count). The highest BCUT2D eigenvalue weighted by atomic mass is 79.9. The zero-order valence-corrected chi connectivity index (χ0v) is 12.6. The van der Waals surface area contributed by atoms with Gasteiger partial charge in [-0.15, -0.1) is 0 Å². The van der Waals surface area contributed by atoms with Crippen LogP contribution in [0.15, 0.2) is 0 Å². The van der Waals surface area contributed by atoms with E-state index >= 15 is 0 Å². The highest BCUT2D eigenvalue weighted by molar-refractivity contribution is 9.09. The summed E-state index contributed by atoms with van der Waals surface area (Å²) >= 11 is 3.38. The number of halogens is 1. The molecule has 3 nitrogen and oxygen atoms in total. The number of carbonyl (C=O) groups excluding carboxylic acids is 1. The van der Waals surface area contributed by atoms with Gasteiger partial charge in [0, 0.05) is 30.9 Å². The number of unbranched alkanes of at least 4 members (excludes halogenated alkanes) is 1. The largest absolute Gasteiger partial charge is 0.356 e. The Labute approximate surface area is 113 Å². The molecule has 0 radical (unpaired) electrons. The van der Waals surface area contributed by atoms with Crippen molar-refractivity contribution in [2.24, 2.45) is 5.92 Å². The normalized spacial score (nSPS) is 21.1. The topological polar surface area (TPSA) is 32.3 Å². The summed E-state index contributed by atoms with van der Waals surface area (Å²) in [5.41, 5.74) is 0. The second kappa shape index (κ2) is 8.09. The van der Waals surface area contributed by atoms with Gasteiger partial charge in [0.15, 0.2) is 0 Å². The molecule has 1 aliphatic heterocycles. The second-order valence-electron chi connectivity index (χ2n) is 5.19. The molecule has 1 fully saturated rings. The van der Waals surface area contributed by atoms with E-state index in [4.69, 9.17) is 0 Å². The minimum atomic E-state index is 0.217. The number of amides is 1. The van der Waals surface area contributed by atoms with Crippen LogP contribution in [0.1, 0.15) is 39.5 Å². The van der Waals surface area contributed by atoms with Crippen molar-refractivity contribution in [1.82, 2.24) is 10.2 Å². The van der Waals surface area contributed by atoms with Gasteiger partial charge in [0.2, 0.25) is 5.91 Å². The Balaban J connectivity index is 2.09. The number of alkyl halides is 1. The fourth-order valence-electron chi connectivity index (χ4n) is 2.22. The number of carbonyl (C=O) groups is 1. The van der Waals surface area contributed by atoms with Crippen molar-refractivity contribution in [3.8, 4) is 0 Å². The Morgan fingerprint density at radius 3 is 2.82 bits per heavy atom. The molecule has 0 aromatic heterocycles. The maximum absolute atomic E-state index is 11.5. The predicted octanol–water partition coefficient (Wildman–Crippen LogP) is 2.40. The molecule has 17 heavy (non-hydrogen) atoms. The molecule has 0 bridgehead atoms. The molecule has 0 aromatic carbocycles. The van der Waals surface area contributed by atoms with E-state index in [1.807, 2.05) is 0 Å². The second-order valence-corrected chi connectivity index (χ2v) is 5.99. The van der Waals surface area contributed by atoms with Gasteiger partial charge in [-0.1, -0.05) is 15.9 Å². The third kappa shape index (κ3) is 5.87. The van der Waals surface area contributed by atoms with Crippen molar-refractivity contribution in [3.63, 3.8) is 0 Å². The van der Waals surface area contributed by atoms with Crippen LogP contribution in [0.2, 0.25) is 0 Å². The lowest BCUT2D eigenvalue weighted by atomic mass is 10.1. The smallest absolute Gasteiger partial charge is 0.220 e. The van der Waals surface area contributed by atoms with E-state index in [0.717, 1.165) is 31.3 Å². The van der Waals surface area contributed by atoms with Gasteiger partial charge in [-0.25, -0.2) is 0 Å². The average Bonchev–Trinajstić information content (AvgIpc) is 2.75. The Bertz CT molecular complexity index is 233. The Kier molecular flexibility index (Phi) is 7.12. The fourth-order valence-corrected chi connectivity index (χ4v) is 2.62. The zero-order chi connectivity index (χ0) is 12.7. The Morgan fingerprint density at radius 2 is 2.24 bits per heavy atom. The highest BCUT2D eigenvalue weighted by Gasteiger charge is 2.24. The summed E-state index contributed by atoms with van der Waals surface area (Å²) in [6, 6.07) is 0.634. The summed E-state index contributed by atoms with van der Waals surface area (Å²) in [7, 11) is 0. The van der Waals surface area contributed by atoms with E-state index in [1.54, 1.807) is 0 Å². The fraction of sp³-hybridized carbons (Fsp3) is 0.923. The predicted molar refractivity (Wildman–Crippen MR) is 75.5 cm³/mol. The Hall–Kier alpha value is -0.0900. The quantitative estimate of drug-likeness (QED) is 0.578. The van der Waals surface area contributed by atoms with Gasteiger partial charge in [0.25, 0.3) is 0 Å². The van der Waals surface area contributed by atoms with Gasteiger partial charge in [-0.05, 0) is 45.6 Å². The number of hydrogen-bond donors (Lipinski definition) is 1. The molecule has 1 aliphatic rings. The summed E-state index contributed by atoms with van der Waals surface area (Å²) in [5.74, 6) is 0.867. The van der Waals surface area contributed by atoms with E-state index < -0.39 is 0 Å². The minimum absolute atomic E-state index is 0.217. The van der Waals surface area contributed by atoms with Crippen molar-refractivity contribution in [2.45, 2.75) is 45.6 Å². The molecule has 0 spiro atoms. The average molecular weight is 305 g/mol. The maximum Gasteiger partial charge on any atom is 0.220 e. The summed E-state index contributed by atoms with van der Waals surface area (Å²) in [5, 5.41) is 4.05. The first-order valence-corrected chi connectivity index (χ1v) is 7.82. The molecule has 1 unspecified atom stereocenters. The van der Waals surface area contributed by atoms with Crippen molar-refractivity contribution >= 4 is 21.8 Å². The first kappa shape index (κ1) is 15.0. The van der Waals surface area contributed by atoms with E-state index in [0.29, 0.717) is 18.4 Å². The van der Waals surface area contributed by atoms with Crippen LogP contribution in [0.5, 0.6) is 0 Å². The van der Waals surface area contributed by atoms with Gasteiger partial charge in [0.05, 0.1) is 0 Å². The number of nitrogens with one attached hydrogen (secondary N) is 1. The summed E-state index contributed by atoms with van der Waals surface area (Å²) in [6.07, 6.45) is 3.96. The van der Waals surface area contributed by atoms with Crippen LogP contribution in [-0.2, 0) is 4.79 Å². The maximum atomic E-state index is 11.5. The lowest BCUT2D eigenvalue weighted by Crippen LogP contribution is -2.32. The van der Waals surface area contributed by atoms with Crippen molar-refractivity contribution in [1.29, 1.82) is 0 Å². The third-order valence-electron chi connectivity index (χ3n) is 3.42. The molecule has 4 heteroatoms. The number of hydrogen-bond acceptors (Lipinski definition) is 2. The Morgan fingerprint density at radius 1 is 1.47 bits per heavy atom. The zero-order valence-electron chi connectivity index (χ0n) is 11.0. The van der Waals surface area contributed by atoms with Crippen LogP contribution in [0.4, 0.5) is 0 Å². The van der Waals surface area contributed by atoms with Crippen molar-refractivity contribution in [3.05, 3.63) is 0 Å². The molecule has 1 heterocycles. The summed E-state index contributed by atoms with van der Waals surface area (Å²) in [4.78, 5) is 14.0. The number of rotatable bonds is 7. The third-order valence-corrected chi connectivity index (χ3v) is 3.98. The van der Waals surface area contributed by atoms with Crippen LogP contribution in [0, 0.1) is 5.92 Å². The van der Waals surface area contributed by atoms with Crippen molar-refractivity contribution in [2.75, 3.05) is 25.0 Å². The molecular formula is C13H25BrN2O. The van der Waals surface area contributed by atoms with Gasteiger partial charge < -0.3 is 10.2 Å². The van der Waals surface area contributed by atoms with Gasteiger partial charge >= 0.3 is 0 Å². The summed E-state index contributed by atoms with van der Waals surface area (Å²) < 4.78 is 0. The number of likely N-dealkylation sites (tertiary alicyclic amines) is 1. The summed E-state index contributed by atoms with van der Waals surface area (Å²) in [6.45, 7) is 7.65. The molecule has 0 saturated carbocycles. The molecule has 1 saturated heterocycles. The van der Waals surface area contributed by atoms with Crippen LogP contribution in [0.3, 0.4) is 0 Å². The van der Waals surface area contributed by atoms with Crippen molar-refractivity contribution < 1.29 is 4.79 Å². The van der Waals surface area contributed by atoms with E-state index in [2.05, 4.69) is 40.0 Å². The molecule has 1 N–H and O–H groups in total. The van der Waals surface area contributed by atoms with E-state index in [-0.39, 0.29) is 5.91 Å².